The molecule has 2 aromatic rings. The first kappa shape index (κ1) is 33.2. The lowest BCUT2D eigenvalue weighted by Gasteiger charge is -2.21. The molecule has 3 atom stereocenters. The molecule has 1 aliphatic rings. The van der Waals surface area contributed by atoms with Gasteiger partial charge in [-0.1, -0.05) is 26.3 Å². The molecule has 11 nitrogen and oxygen atoms in total. The number of methoxy groups -OCH3 is 4. The highest BCUT2D eigenvalue weighted by Crippen LogP contribution is 2.50. The van der Waals surface area contributed by atoms with Gasteiger partial charge in [0.25, 0.3) is 0 Å². The lowest BCUT2D eigenvalue weighted by Crippen LogP contribution is -2.45. The third-order valence-corrected chi connectivity index (χ3v) is 7.80. The molecule has 3 N–H and O–H groups in total. The van der Waals surface area contributed by atoms with E-state index in [1.807, 2.05) is 26.0 Å². The van der Waals surface area contributed by atoms with Crippen LogP contribution in [0.5, 0.6) is 17.2 Å². The van der Waals surface area contributed by atoms with Crippen LogP contribution in [-0.4, -0.2) is 58.8 Å². The molecule has 11 heteroatoms. The number of benzene rings is 1. The van der Waals surface area contributed by atoms with Crippen LogP contribution in [0.3, 0.4) is 0 Å². The Hall–Kier alpha value is -4.28. The van der Waals surface area contributed by atoms with E-state index in [0.717, 1.165) is 16.7 Å². The highest BCUT2D eigenvalue weighted by atomic mass is 16.5. The molecule has 0 heterocycles. The molecule has 0 aromatic heterocycles. The molecule has 43 heavy (non-hydrogen) atoms. The Morgan fingerprint density at radius 1 is 1.02 bits per heavy atom. The minimum Gasteiger partial charge on any atom is -0.493 e. The molecular weight excluding hydrogens is 554 g/mol. The minimum atomic E-state index is -0.706. The van der Waals surface area contributed by atoms with Crippen molar-refractivity contribution in [3.8, 4) is 28.4 Å². The van der Waals surface area contributed by atoms with Gasteiger partial charge in [-0.3, -0.25) is 14.4 Å². The summed E-state index contributed by atoms with van der Waals surface area (Å²) in [6.45, 7) is 5.62. The average Bonchev–Trinajstić information content (AvgIpc) is 3.24. The maximum Gasteiger partial charge on any atom is 0.328 e. The summed E-state index contributed by atoms with van der Waals surface area (Å²) in [7, 11) is 5.94. The average molecular weight is 598 g/mol. The molecule has 2 aromatic carbocycles. The van der Waals surface area contributed by atoms with Gasteiger partial charge in [0.05, 0.1) is 40.2 Å². The first-order chi connectivity index (χ1) is 20.6. The maximum absolute atomic E-state index is 13.4. The second-order valence-corrected chi connectivity index (χ2v) is 10.6. The summed E-state index contributed by atoms with van der Waals surface area (Å²) in [5.74, 6) is 0.419. The number of anilines is 1. The summed E-state index contributed by atoms with van der Waals surface area (Å²) in [6, 6.07) is 5.87. The highest BCUT2D eigenvalue weighted by molar-refractivity contribution is 5.85. The number of aryl methyl sites for hydroxylation is 1. The maximum atomic E-state index is 13.4. The van der Waals surface area contributed by atoms with Crippen LogP contribution in [0.2, 0.25) is 0 Å². The zero-order chi connectivity index (χ0) is 31.7. The Morgan fingerprint density at radius 3 is 2.35 bits per heavy atom. The van der Waals surface area contributed by atoms with Crippen LogP contribution in [0.4, 0.5) is 5.69 Å². The fourth-order valence-corrected chi connectivity index (χ4v) is 5.37. The number of carbonyl (C=O) groups excluding carboxylic acids is 3. The predicted molar refractivity (Wildman–Crippen MR) is 164 cm³/mol. The van der Waals surface area contributed by atoms with E-state index in [4.69, 9.17) is 18.9 Å². The van der Waals surface area contributed by atoms with Crippen LogP contribution >= 0.6 is 0 Å². The molecule has 0 bridgehead atoms. The standard InChI is InChI=1S/C32H43N3O8/c1-8-18(2)29(32(39)43-7)35-27(38)10-9-15-33-24-14-12-21-22(17-25(24)37)23(34-19(3)36)13-11-20-16-26(40-4)30(41-5)31(42-6)28(20)21/h12,14,16-18,23,29H,8-11,13,15H2,1-7H3,(H,33,37)(H,34,36)(H,35,38). The van der Waals surface area contributed by atoms with Crippen LogP contribution in [0.25, 0.3) is 11.1 Å². The monoisotopic (exact) mass is 597 g/mol. The number of hydrogen-bond donors (Lipinski definition) is 3. The minimum absolute atomic E-state index is 0.0665. The quantitative estimate of drug-likeness (QED) is 0.232. The molecule has 3 unspecified atom stereocenters. The Balaban J connectivity index is 1.91. The molecule has 0 fully saturated rings. The fraction of sp³-hybridized carbons (Fsp3) is 0.500. The van der Waals surface area contributed by atoms with Gasteiger partial charge in [0.1, 0.15) is 6.04 Å². The number of fused-ring (bicyclic) bond motifs is 3. The van der Waals surface area contributed by atoms with E-state index in [1.165, 1.54) is 21.1 Å². The molecule has 0 radical (unpaired) electrons. The summed E-state index contributed by atoms with van der Waals surface area (Å²) in [4.78, 5) is 50.2. The van der Waals surface area contributed by atoms with Crippen molar-refractivity contribution in [1.29, 1.82) is 0 Å². The SMILES string of the molecule is CCC(C)C(NC(=O)CCCNc1ccc2c(cc1=O)C(NC(C)=O)CCc1cc(OC)c(OC)c(OC)c1-2)C(=O)OC. The van der Waals surface area contributed by atoms with E-state index < -0.39 is 18.1 Å². The van der Waals surface area contributed by atoms with Crippen molar-refractivity contribution >= 4 is 23.5 Å². The fourth-order valence-electron chi connectivity index (χ4n) is 5.37. The number of ether oxygens (including phenoxy) is 4. The van der Waals surface area contributed by atoms with Crippen LogP contribution in [0.15, 0.2) is 29.1 Å². The van der Waals surface area contributed by atoms with Crippen molar-refractivity contribution in [3.05, 3.63) is 45.6 Å². The van der Waals surface area contributed by atoms with Crippen molar-refractivity contribution in [2.45, 2.75) is 65.0 Å². The molecule has 0 aliphatic heterocycles. The van der Waals surface area contributed by atoms with Crippen molar-refractivity contribution in [1.82, 2.24) is 10.6 Å². The van der Waals surface area contributed by atoms with Crippen LogP contribution in [0, 0.1) is 5.92 Å². The van der Waals surface area contributed by atoms with Crippen LogP contribution in [-0.2, 0) is 25.5 Å². The van der Waals surface area contributed by atoms with Crippen LogP contribution in [0.1, 0.15) is 63.6 Å². The van der Waals surface area contributed by atoms with Crippen molar-refractivity contribution in [2.24, 2.45) is 5.92 Å². The lowest BCUT2D eigenvalue weighted by atomic mass is 9.95. The summed E-state index contributed by atoms with van der Waals surface area (Å²) in [5, 5.41) is 8.91. The van der Waals surface area contributed by atoms with Crippen LogP contribution < -0.4 is 35.6 Å². The number of nitrogens with one attached hydrogen (secondary N) is 3. The molecule has 0 saturated heterocycles. The number of amides is 2. The lowest BCUT2D eigenvalue weighted by molar-refractivity contribution is -0.146. The van der Waals surface area contributed by atoms with Crippen molar-refractivity contribution in [3.63, 3.8) is 0 Å². The third kappa shape index (κ3) is 7.77. The van der Waals surface area contributed by atoms with Crippen molar-refractivity contribution in [2.75, 3.05) is 40.3 Å². The van der Waals surface area contributed by atoms with Gasteiger partial charge >= 0.3 is 5.97 Å². The second-order valence-electron chi connectivity index (χ2n) is 10.6. The molecule has 3 rings (SSSR count). The molecule has 0 saturated carbocycles. The molecular formula is C32H43N3O8. The molecule has 0 spiro atoms. The van der Waals surface area contributed by atoms with Gasteiger partial charge in [-0.15, -0.1) is 0 Å². The topological polar surface area (TPSA) is 141 Å². The number of hydrogen-bond acceptors (Lipinski definition) is 9. The molecule has 1 aliphatic carbocycles. The smallest absolute Gasteiger partial charge is 0.328 e. The summed E-state index contributed by atoms with van der Waals surface area (Å²) >= 11 is 0. The van der Waals surface area contributed by atoms with Gasteiger partial charge < -0.3 is 34.9 Å². The first-order valence-electron chi connectivity index (χ1n) is 14.5. The van der Waals surface area contributed by atoms with E-state index in [2.05, 4.69) is 16.0 Å². The van der Waals surface area contributed by atoms with E-state index in [0.29, 0.717) is 60.7 Å². The van der Waals surface area contributed by atoms with E-state index >= 15 is 0 Å². The van der Waals surface area contributed by atoms with Gasteiger partial charge in [-0.05, 0) is 60.1 Å². The van der Waals surface area contributed by atoms with Gasteiger partial charge in [0.2, 0.25) is 23.0 Å². The van der Waals surface area contributed by atoms with E-state index in [1.54, 1.807) is 26.4 Å². The Kier molecular flexibility index (Phi) is 11.8. The first-order valence-corrected chi connectivity index (χ1v) is 14.5. The summed E-state index contributed by atoms with van der Waals surface area (Å²) in [6.07, 6.45) is 2.47. The van der Waals surface area contributed by atoms with Gasteiger partial charge in [-0.25, -0.2) is 4.79 Å². The molecule has 234 valence electrons. The second kappa shape index (κ2) is 15.3. The number of carbonyl (C=O) groups is 3. The van der Waals surface area contributed by atoms with E-state index in [-0.39, 0.29) is 29.6 Å². The summed E-state index contributed by atoms with van der Waals surface area (Å²) < 4.78 is 21.9. The Labute approximate surface area is 252 Å². The van der Waals surface area contributed by atoms with Gasteiger partial charge in [-0.2, -0.15) is 0 Å². The zero-order valence-corrected chi connectivity index (χ0v) is 26.1. The Morgan fingerprint density at radius 2 is 1.74 bits per heavy atom. The van der Waals surface area contributed by atoms with E-state index in [9.17, 15) is 19.2 Å². The van der Waals surface area contributed by atoms with Gasteiger partial charge in [0, 0.05) is 25.5 Å². The summed E-state index contributed by atoms with van der Waals surface area (Å²) in [5.41, 5.74) is 3.19. The largest absolute Gasteiger partial charge is 0.493 e. The molecule has 2 amide bonds. The normalized spacial score (nSPS) is 15.0. The third-order valence-electron chi connectivity index (χ3n) is 7.80. The van der Waals surface area contributed by atoms with Gasteiger partial charge in [0.15, 0.2) is 11.5 Å². The van der Waals surface area contributed by atoms with Crippen molar-refractivity contribution < 1.29 is 33.3 Å². The highest BCUT2D eigenvalue weighted by Gasteiger charge is 2.30. The number of esters is 1. The zero-order valence-electron chi connectivity index (χ0n) is 26.1. The predicted octanol–water partition coefficient (Wildman–Crippen LogP) is 3.76. The Bertz CT molecular complexity index is 1390. The number of rotatable bonds is 13.